The van der Waals surface area contributed by atoms with Gasteiger partial charge in [-0.1, -0.05) is 35.0 Å². The minimum Gasteiger partial charge on any atom is -0.356 e. The summed E-state index contributed by atoms with van der Waals surface area (Å²) in [6.07, 6.45) is 5.23. The number of nitrogens with zero attached hydrogens (tertiary/aromatic N) is 3. The third-order valence-corrected chi connectivity index (χ3v) is 5.66. The molecule has 6 nitrogen and oxygen atoms in total. The molecule has 0 bridgehead atoms. The first-order chi connectivity index (χ1) is 13.5. The van der Waals surface area contributed by atoms with E-state index in [4.69, 9.17) is 4.52 Å². The van der Waals surface area contributed by atoms with E-state index in [0.29, 0.717) is 6.42 Å². The largest absolute Gasteiger partial charge is 0.356 e. The summed E-state index contributed by atoms with van der Waals surface area (Å²) in [4.78, 5) is 15.2. The Hall–Kier alpha value is -2.89. The van der Waals surface area contributed by atoms with Crippen molar-refractivity contribution in [1.82, 2.24) is 20.3 Å². The quantitative estimate of drug-likeness (QED) is 0.735. The Bertz CT molecular complexity index is 988. The van der Waals surface area contributed by atoms with Gasteiger partial charge in [-0.2, -0.15) is 5.10 Å². The smallest absolute Gasteiger partial charge is 0.227 e. The number of aromatic nitrogens is 3. The Morgan fingerprint density at radius 1 is 1.29 bits per heavy atom. The molecule has 1 aromatic carbocycles. The minimum absolute atomic E-state index is 0.0200. The number of H-pyrrole nitrogens is 1. The molecule has 3 aromatic rings. The maximum Gasteiger partial charge on any atom is 0.227 e. The molecule has 1 fully saturated rings. The first-order valence-corrected chi connectivity index (χ1v) is 9.86. The van der Waals surface area contributed by atoms with E-state index < -0.39 is 0 Å². The van der Waals surface area contributed by atoms with E-state index in [1.165, 1.54) is 5.56 Å². The van der Waals surface area contributed by atoms with Gasteiger partial charge in [0.15, 0.2) is 5.76 Å². The number of carbonyl (C=O) groups is 1. The normalized spacial score (nSPS) is 17.1. The Balaban J connectivity index is 1.62. The van der Waals surface area contributed by atoms with Crippen LogP contribution in [-0.2, 0) is 11.2 Å². The fraction of sp³-hybridized carbons (Fsp3) is 0.409. The van der Waals surface area contributed by atoms with Crippen LogP contribution in [0.25, 0.3) is 11.3 Å². The molecule has 0 saturated carbocycles. The average molecular weight is 378 g/mol. The molecule has 0 radical (unpaired) electrons. The van der Waals surface area contributed by atoms with E-state index in [9.17, 15) is 4.79 Å². The van der Waals surface area contributed by atoms with E-state index in [1.54, 1.807) is 6.20 Å². The third-order valence-electron chi connectivity index (χ3n) is 5.66. The molecule has 1 N–H and O–H groups in total. The number of benzene rings is 1. The molecule has 4 rings (SSSR count). The second-order valence-corrected chi connectivity index (χ2v) is 7.68. The monoisotopic (exact) mass is 378 g/mol. The Labute approximate surface area is 164 Å². The van der Waals surface area contributed by atoms with E-state index in [0.717, 1.165) is 59.6 Å². The second kappa shape index (κ2) is 7.62. The highest BCUT2D eigenvalue weighted by atomic mass is 16.5. The van der Waals surface area contributed by atoms with Gasteiger partial charge in [0.25, 0.3) is 0 Å². The Morgan fingerprint density at radius 3 is 2.89 bits per heavy atom. The molecule has 2 aromatic heterocycles. The van der Waals surface area contributed by atoms with Crippen molar-refractivity contribution >= 4 is 5.91 Å². The molecule has 1 amide bonds. The molecule has 0 aliphatic carbocycles. The Kier molecular flexibility index (Phi) is 5.03. The summed E-state index contributed by atoms with van der Waals surface area (Å²) in [5, 5.41) is 11.5. The van der Waals surface area contributed by atoms with Gasteiger partial charge in [-0.15, -0.1) is 0 Å². The summed E-state index contributed by atoms with van der Waals surface area (Å²) >= 11 is 0. The second-order valence-electron chi connectivity index (χ2n) is 7.68. The van der Waals surface area contributed by atoms with Gasteiger partial charge in [-0.25, -0.2) is 0 Å². The highest BCUT2D eigenvalue weighted by molar-refractivity contribution is 5.80. The summed E-state index contributed by atoms with van der Waals surface area (Å²) in [6.45, 7) is 6.75. The number of amides is 1. The number of hydrogen-bond donors (Lipinski definition) is 1. The number of piperidine rings is 1. The molecule has 1 aliphatic heterocycles. The van der Waals surface area contributed by atoms with Gasteiger partial charge >= 0.3 is 0 Å². The zero-order chi connectivity index (χ0) is 19.7. The maximum atomic E-state index is 13.2. The fourth-order valence-corrected chi connectivity index (χ4v) is 4.03. The zero-order valence-electron chi connectivity index (χ0n) is 16.7. The third kappa shape index (κ3) is 3.46. The summed E-state index contributed by atoms with van der Waals surface area (Å²) < 4.78 is 5.56. The van der Waals surface area contributed by atoms with Crippen LogP contribution in [0.2, 0.25) is 0 Å². The van der Waals surface area contributed by atoms with Gasteiger partial charge in [0, 0.05) is 12.1 Å². The van der Waals surface area contributed by atoms with Crippen molar-refractivity contribution in [3.05, 3.63) is 58.5 Å². The average Bonchev–Trinajstić information content (AvgIpc) is 3.29. The maximum absolute atomic E-state index is 13.2. The van der Waals surface area contributed by atoms with Crippen LogP contribution in [0.3, 0.4) is 0 Å². The lowest BCUT2D eigenvalue weighted by Gasteiger charge is -2.35. The number of rotatable bonds is 4. The van der Waals surface area contributed by atoms with Gasteiger partial charge < -0.3 is 9.42 Å². The van der Waals surface area contributed by atoms with Crippen molar-refractivity contribution in [3.8, 4) is 11.3 Å². The van der Waals surface area contributed by atoms with Crippen molar-refractivity contribution in [2.24, 2.45) is 0 Å². The lowest BCUT2D eigenvalue weighted by Crippen LogP contribution is -2.39. The van der Waals surface area contributed by atoms with Crippen LogP contribution in [-0.4, -0.2) is 32.7 Å². The highest BCUT2D eigenvalue weighted by Crippen LogP contribution is 2.37. The van der Waals surface area contributed by atoms with Gasteiger partial charge in [0.05, 0.1) is 35.6 Å². The first-order valence-electron chi connectivity index (χ1n) is 9.86. The van der Waals surface area contributed by atoms with Crippen LogP contribution in [0.5, 0.6) is 0 Å². The summed E-state index contributed by atoms with van der Waals surface area (Å²) in [6, 6.07) is 8.14. The van der Waals surface area contributed by atoms with Crippen LogP contribution in [0.1, 0.15) is 53.4 Å². The summed E-state index contributed by atoms with van der Waals surface area (Å²) in [7, 11) is 0. The molecular weight excluding hydrogens is 352 g/mol. The molecule has 3 heterocycles. The molecule has 6 heteroatoms. The Morgan fingerprint density at radius 2 is 2.14 bits per heavy atom. The number of nitrogens with one attached hydrogen (secondary N) is 1. The molecule has 1 aliphatic rings. The van der Waals surface area contributed by atoms with Crippen LogP contribution >= 0.6 is 0 Å². The number of aromatic amines is 1. The van der Waals surface area contributed by atoms with Crippen molar-refractivity contribution in [2.75, 3.05) is 6.54 Å². The highest BCUT2D eigenvalue weighted by Gasteiger charge is 2.32. The van der Waals surface area contributed by atoms with Crippen molar-refractivity contribution < 1.29 is 9.32 Å². The van der Waals surface area contributed by atoms with Crippen molar-refractivity contribution in [2.45, 2.75) is 52.5 Å². The van der Waals surface area contributed by atoms with Gasteiger partial charge in [-0.3, -0.25) is 9.89 Å². The van der Waals surface area contributed by atoms with Crippen LogP contribution in [0, 0.1) is 20.8 Å². The number of carbonyl (C=O) groups excluding carboxylic acids is 1. The standard InChI is InChI=1S/C22H26N4O2/c1-14-7-6-8-17(11-14)12-20(27)26-10-5-4-9-19(26)21-18(13-23-24-21)22-15(2)16(3)25-28-22/h6-8,11,13,19H,4-5,9-10,12H2,1-3H3,(H,23,24). The topological polar surface area (TPSA) is 75.0 Å². The number of likely N-dealkylation sites (tertiary alicyclic amines) is 1. The summed E-state index contributed by atoms with van der Waals surface area (Å²) in [5.41, 5.74) is 5.96. The summed E-state index contributed by atoms with van der Waals surface area (Å²) in [5.74, 6) is 0.888. The molecule has 1 saturated heterocycles. The van der Waals surface area contributed by atoms with E-state index in [1.807, 2.05) is 30.9 Å². The number of hydrogen-bond acceptors (Lipinski definition) is 4. The van der Waals surface area contributed by atoms with Crippen molar-refractivity contribution in [1.29, 1.82) is 0 Å². The van der Waals surface area contributed by atoms with Gasteiger partial charge in [-0.05, 0) is 45.6 Å². The number of aryl methyl sites for hydroxylation is 2. The molecule has 28 heavy (non-hydrogen) atoms. The first kappa shape index (κ1) is 18.5. The van der Waals surface area contributed by atoms with Gasteiger partial charge in [0.2, 0.25) is 5.91 Å². The van der Waals surface area contributed by atoms with Crippen LogP contribution < -0.4 is 0 Å². The van der Waals surface area contributed by atoms with Crippen LogP contribution in [0.4, 0.5) is 0 Å². The molecular formula is C22H26N4O2. The molecule has 1 atom stereocenters. The molecule has 0 spiro atoms. The SMILES string of the molecule is Cc1cccc(CC(=O)N2CCCCC2c2[nH]ncc2-c2onc(C)c2C)c1. The van der Waals surface area contributed by atoms with Crippen LogP contribution in [0.15, 0.2) is 35.0 Å². The van der Waals surface area contributed by atoms with Gasteiger partial charge in [0.1, 0.15) is 0 Å². The van der Waals surface area contributed by atoms with Crippen molar-refractivity contribution in [3.63, 3.8) is 0 Å². The van der Waals surface area contributed by atoms with E-state index in [2.05, 4.69) is 34.4 Å². The minimum atomic E-state index is -0.0200. The zero-order valence-corrected chi connectivity index (χ0v) is 16.7. The van der Waals surface area contributed by atoms with E-state index >= 15 is 0 Å². The lowest BCUT2D eigenvalue weighted by molar-refractivity contribution is -0.134. The fourth-order valence-electron chi connectivity index (χ4n) is 4.03. The molecule has 146 valence electrons. The molecule has 1 unspecified atom stereocenters. The lowest BCUT2D eigenvalue weighted by atomic mass is 9.94. The van der Waals surface area contributed by atoms with E-state index in [-0.39, 0.29) is 11.9 Å². The predicted molar refractivity (Wildman–Crippen MR) is 107 cm³/mol. The predicted octanol–water partition coefficient (Wildman–Crippen LogP) is 4.29.